The van der Waals surface area contributed by atoms with Crippen molar-refractivity contribution in [2.45, 2.75) is 6.54 Å². The zero-order valence-electron chi connectivity index (χ0n) is 9.93. The van der Waals surface area contributed by atoms with Crippen molar-refractivity contribution in [1.82, 2.24) is 10.6 Å². The van der Waals surface area contributed by atoms with Gasteiger partial charge in [-0.05, 0) is 28.1 Å². The Morgan fingerprint density at radius 3 is 2.72 bits per heavy atom. The van der Waals surface area contributed by atoms with Crippen LogP contribution in [0.5, 0.6) is 5.75 Å². The van der Waals surface area contributed by atoms with Gasteiger partial charge in [0.2, 0.25) is 0 Å². The molecule has 18 heavy (non-hydrogen) atoms. The summed E-state index contributed by atoms with van der Waals surface area (Å²) in [6.07, 6.45) is 0. The Morgan fingerprint density at radius 1 is 1.39 bits per heavy atom. The third kappa shape index (κ3) is 4.83. The predicted octanol–water partition coefficient (Wildman–Crippen LogP) is 1.98. The summed E-state index contributed by atoms with van der Waals surface area (Å²) in [6, 6.07) is 3.40. The first-order valence-corrected chi connectivity index (χ1v) is 6.89. The van der Waals surface area contributed by atoms with E-state index >= 15 is 0 Å². The zero-order chi connectivity index (χ0) is 13.5. The smallest absolute Gasteiger partial charge is 0.312 e. The van der Waals surface area contributed by atoms with Crippen molar-refractivity contribution in [2.75, 3.05) is 20.2 Å². The SMILES string of the molecule is COc1c(Br)cc(Br)cc1CNCCNC(N)=O. The average Bonchev–Trinajstić information content (AvgIpc) is 2.27. The van der Waals surface area contributed by atoms with Crippen molar-refractivity contribution in [1.29, 1.82) is 0 Å². The Balaban J connectivity index is 2.53. The molecule has 0 aliphatic rings. The number of carbonyl (C=O) groups excluding carboxylic acids is 1. The van der Waals surface area contributed by atoms with Crippen LogP contribution in [-0.4, -0.2) is 26.2 Å². The third-order valence-electron chi connectivity index (χ3n) is 2.21. The Bertz CT molecular complexity index is 427. The molecule has 1 aromatic rings. The summed E-state index contributed by atoms with van der Waals surface area (Å²) < 4.78 is 7.20. The molecule has 0 radical (unpaired) electrons. The first-order valence-electron chi connectivity index (χ1n) is 5.30. The van der Waals surface area contributed by atoms with E-state index < -0.39 is 6.03 Å². The average molecular weight is 381 g/mol. The van der Waals surface area contributed by atoms with Gasteiger partial charge in [-0.25, -0.2) is 4.79 Å². The molecular weight excluding hydrogens is 366 g/mol. The lowest BCUT2D eigenvalue weighted by atomic mass is 10.2. The van der Waals surface area contributed by atoms with Gasteiger partial charge in [-0.1, -0.05) is 15.9 Å². The second kappa shape index (κ2) is 7.60. The maximum absolute atomic E-state index is 10.5. The molecule has 7 heteroatoms. The van der Waals surface area contributed by atoms with Crippen LogP contribution >= 0.6 is 31.9 Å². The second-order valence-electron chi connectivity index (χ2n) is 3.55. The van der Waals surface area contributed by atoms with Gasteiger partial charge >= 0.3 is 6.03 Å². The van der Waals surface area contributed by atoms with Crippen LogP contribution in [0.4, 0.5) is 4.79 Å². The lowest BCUT2D eigenvalue weighted by Crippen LogP contribution is -2.35. The zero-order valence-corrected chi connectivity index (χ0v) is 13.1. The Morgan fingerprint density at radius 2 is 2.11 bits per heavy atom. The topological polar surface area (TPSA) is 76.4 Å². The Labute approximate surface area is 123 Å². The van der Waals surface area contributed by atoms with E-state index in [1.165, 1.54) is 0 Å². The molecule has 1 rings (SSSR count). The minimum Gasteiger partial charge on any atom is -0.495 e. The van der Waals surface area contributed by atoms with Crippen LogP contribution in [0.3, 0.4) is 0 Å². The van der Waals surface area contributed by atoms with E-state index in [2.05, 4.69) is 42.5 Å². The third-order valence-corrected chi connectivity index (χ3v) is 3.25. The standard InChI is InChI=1S/C11H15Br2N3O2/c1-18-10-7(4-8(12)5-9(10)13)6-15-2-3-16-11(14)17/h4-5,15H,2-3,6H2,1H3,(H3,14,16,17). The predicted molar refractivity (Wildman–Crippen MR) is 77.7 cm³/mol. The molecule has 4 N–H and O–H groups in total. The molecule has 5 nitrogen and oxygen atoms in total. The van der Waals surface area contributed by atoms with E-state index in [1.54, 1.807) is 7.11 Å². The molecule has 2 amide bonds. The number of nitrogens with one attached hydrogen (secondary N) is 2. The van der Waals surface area contributed by atoms with Crippen LogP contribution < -0.4 is 21.1 Å². The highest BCUT2D eigenvalue weighted by molar-refractivity contribution is 9.11. The molecule has 0 fully saturated rings. The molecule has 0 aliphatic heterocycles. The molecule has 1 aromatic carbocycles. The van der Waals surface area contributed by atoms with Gasteiger partial charge in [0.25, 0.3) is 0 Å². The monoisotopic (exact) mass is 379 g/mol. The van der Waals surface area contributed by atoms with E-state index in [-0.39, 0.29) is 0 Å². The largest absolute Gasteiger partial charge is 0.495 e. The number of ether oxygens (including phenoxy) is 1. The van der Waals surface area contributed by atoms with Gasteiger partial charge in [-0.2, -0.15) is 0 Å². The highest BCUT2D eigenvalue weighted by Gasteiger charge is 2.08. The molecule has 0 bridgehead atoms. The van der Waals surface area contributed by atoms with Crippen molar-refractivity contribution in [3.05, 3.63) is 26.6 Å². The number of methoxy groups -OCH3 is 1. The van der Waals surface area contributed by atoms with Gasteiger partial charge in [0.1, 0.15) is 5.75 Å². The highest BCUT2D eigenvalue weighted by atomic mass is 79.9. The molecule has 0 saturated heterocycles. The van der Waals surface area contributed by atoms with Crippen LogP contribution in [-0.2, 0) is 6.54 Å². The summed E-state index contributed by atoms with van der Waals surface area (Å²) in [5.74, 6) is 0.800. The number of urea groups is 1. The number of hydrogen-bond acceptors (Lipinski definition) is 3. The number of hydrogen-bond donors (Lipinski definition) is 3. The van der Waals surface area contributed by atoms with Crippen LogP contribution in [0.1, 0.15) is 5.56 Å². The van der Waals surface area contributed by atoms with Crippen molar-refractivity contribution in [3.8, 4) is 5.75 Å². The summed E-state index contributed by atoms with van der Waals surface area (Å²) in [6.45, 7) is 1.77. The van der Waals surface area contributed by atoms with Gasteiger partial charge in [0, 0.05) is 29.7 Å². The molecule has 0 unspecified atom stereocenters. The van der Waals surface area contributed by atoms with Crippen LogP contribution in [0.25, 0.3) is 0 Å². The number of rotatable bonds is 6. The minimum atomic E-state index is -0.514. The first-order chi connectivity index (χ1) is 8.54. The summed E-state index contributed by atoms with van der Waals surface area (Å²) in [5, 5.41) is 5.70. The van der Waals surface area contributed by atoms with Crippen molar-refractivity contribution in [3.63, 3.8) is 0 Å². The number of primary amides is 1. The summed E-state index contributed by atoms with van der Waals surface area (Å²) in [4.78, 5) is 10.5. The maximum Gasteiger partial charge on any atom is 0.312 e. The van der Waals surface area contributed by atoms with E-state index in [9.17, 15) is 4.79 Å². The van der Waals surface area contributed by atoms with Crippen molar-refractivity contribution < 1.29 is 9.53 Å². The fourth-order valence-corrected chi connectivity index (χ4v) is 2.95. The number of benzene rings is 1. The fourth-order valence-electron chi connectivity index (χ4n) is 1.47. The molecule has 0 heterocycles. The molecule has 100 valence electrons. The second-order valence-corrected chi connectivity index (χ2v) is 5.32. The molecular formula is C11H15Br2N3O2. The normalized spacial score (nSPS) is 10.2. The van der Waals surface area contributed by atoms with Gasteiger partial charge in [0.05, 0.1) is 11.6 Å². The van der Waals surface area contributed by atoms with Gasteiger partial charge in [-0.3, -0.25) is 0 Å². The van der Waals surface area contributed by atoms with Crippen molar-refractivity contribution in [2.24, 2.45) is 5.73 Å². The molecule has 0 spiro atoms. The van der Waals surface area contributed by atoms with Crippen molar-refractivity contribution >= 4 is 37.9 Å². The molecule has 0 aromatic heterocycles. The number of amides is 2. The lowest BCUT2D eigenvalue weighted by Gasteiger charge is -2.12. The van der Waals surface area contributed by atoms with Gasteiger partial charge in [-0.15, -0.1) is 0 Å². The summed E-state index contributed by atoms with van der Waals surface area (Å²) >= 11 is 6.87. The molecule has 0 saturated carbocycles. The number of carbonyl (C=O) groups is 1. The first kappa shape index (κ1) is 15.3. The van der Waals surface area contributed by atoms with Crippen LogP contribution in [0.15, 0.2) is 21.1 Å². The molecule has 0 atom stereocenters. The summed E-state index contributed by atoms with van der Waals surface area (Å²) in [5.41, 5.74) is 5.99. The number of halogens is 2. The van der Waals surface area contributed by atoms with Crippen LogP contribution in [0.2, 0.25) is 0 Å². The Kier molecular flexibility index (Phi) is 6.45. The maximum atomic E-state index is 10.5. The number of nitrogens with two attached hydrogens (primary N) is 1. The van der Waals surface area contributed by atoms with Crippen LogP contribution in [0, 0.1) is 0 Å². The Hall–Kier alpha value is -0.790. The highest BCUT2D eigenvalue weighted by Crippen LogP contribution is 2.32. The molecule has 0 aliphatic carbocycles. The van der Waals surface area contributed by atoms with E-state index in [0.29, 0.717) is 19.6 Å². The van der Waals surface area contributed by atoms with Gasteiger partial charge < -0.3 is 21.1 Å². The lowest BCUT2D eigenvalue weighted by molar-refractivity contribution is 0.249. The van der Waals surface area contributed by atoms with E-state index in [4.69, 9.17) is 10.5 Å². The fraction of sp³-hybridized carbons (Fsp3) is 0.364. The van der Waals surface area contributed by atoms with E-state index in [1.807, 2.05) is 12.1 Å². The minimum absolute atomic E-state index is 0.493. The van der Waals surface area contributed by atoms with Gasteiger partial charge in [0.15, 0.2) is 0 Å². The van der Waals surface area contributed by atoms with E-state index in [0.717, 1.165) is 20.3 Å². The quantitative estimate of drug-likeness (QED) is 0.660. The summed E-state index contributed by atoms with van der Waals surface area (Å²) in [7, 11) is 1.63.